The number of guanidine groups is 1. The van der Waals surface area contributed by atoms with Gasteiger partial charge in [0.05, 0.1) is 12.7 Å². The molecule has 3 unspecified atom stereocenters. The standard InChI is InChI=1S/C22H40N6/c1-7-23-21(27-9-8-19(15-27)20-11-25-26(6)14-20)24-16-22(4,5)28-12-17(2)10-18(3)13-28/h11,14,17-19H,7-10,12-13,15-16H2,1-6H3,(H,23,24). The van der Waals surface area contributed by atoms with Crippen LogP contribution >= 0.6 is 0 Å². The van der Waals surface area contributed by atoms with Gasteiger partial charge in [0.2, 0.25) is 0 Å². The first-order chi connectivity index (χ1) is 13.3. The van der Waals surface area contributed by atoms with Crippen molar-refractivity contribution in [2.24, 2.45) is 23.9 Å². The smallest absolute Gasteiger partial charge is 0.194 e. The molecule has 0 bridgehead atoms. The molecule has 28 heavy (non-hydrogen) atoms. The third-order valence-corrected chi connectivity index (χ3v) is 6.36. The molecule has 0 spiro atoms. The summed E-state index contributed by atoms with van der Waals surface area (Å²) in [6, 6.07) is 0. The van der Waals surface area contributed by atoms with Crippen molar-refractivity contribution in [2.75, 3.05) is 39.3 Å². The number of piperidine rings is 1. The number of hydrogen-bond acceptors (Lipinski definition) is 3. The summed E-state index contributed by atoms with van der Waals surface area (Å²) in [6.45, 7) is 17.8. The second kappa shape index (κ2) is 8.85. The van der Waals surface area contributed by atoms with E-state index < -0.39 is 0 Å². The minimum atomic E-state index is 0.0894. The third kappa shape index (κ3) is 5.07. The van der Waals surface area contributed by atoms with E-state index in [0.29, 0.717) is 5.92 Å². The second-order valence-corrected chi connectivity index (χ2v) is 9.71. The van der Waals surface area contributed by atoms with Crippen LogP contribution in [0.1, 0.15) is 58.9 Å². The average molecular weight is 389 g/mol. The van der Waals surface area contributed by atoms with Crippen molar-refractivity contribution >= 4 is 5.96 Å². The highest BCUT2D eigenvalue weighted by molar-refractivity contribution is 5.80. The van der Waals surface area contributed by atoms with Gasteiger partial charge in [-0.25, -0.2) is 0 Å². The number of hydrogen-bond donors (Lipinski definition) is 1. The van der Waals surface area contributed by atoms with Gasteiger partial charge in [0, 0.05) is 57.4 Å². The van der Waals surface area contributed by atoms with Crippen LogP contribution in [0.2, 0.25) is 0 Å². The molecule has 1 aromatic rings. The summed E-state index contributed by atoms with van der Waals surface area (Å²) in [7, 11) is 1.99. The predicted octanol–water partition coefficient (Wildman–Crippen LogP) is 2.93. The number of rotatable bonds is 5. The van der Waals surface area contributed by atoms with Crippen molar-refractivity contribution in [1.82, 2.24) is 24.9 Å². The molecule has 2 aliphatic rings. The quantitative estimate of drug-likeness (QED) is 0.622. The Morgan fingerprint density at radius 1 is 1.25 bits per heavy atom. The SMILES string of the molecule is CCNC(=NCC(C)(C)N1CC(C)CC(C)C1)N1CCC(c2cnn(C)c2)C1. The lowest BCUT2D eigenvalue weighted by molar-refractivity contribution is 0.0511. The van der Waals surface area contributed by atoms with Gasteiger partial charge in [0.15, 0.2) is 5.96 Å². The van der Waals surface area contributed by atoms with E-state index in [1.165, 1.54) is 31.5 Å². The molecule has 1 N–H and O–H groups in total. The van der Waals surface area contributed by atoms with Crippen molar-refractivity contribution in [3.05, 3.63) is 18.0 Å². The monoisotopic (exact) mass is 388 g/mol. The van der Waals surface area contributed by atoms with Gasteiger partial charge in [0.1, 0.15) is 0 Å². The maximum atomic E-state index is 5.09. The molecule has 3 atom stereocenters. The summed E-state index contributed by atoms with van der Waals surface area (Å²) in [5.41, 5.74) is 1.43. The molecule has 2 fully saturated rings. The molecule has 0 saturated carbocycles. The van der Waals surface area contributed by atoms with E-state index in [9.17, 15) is 0 Å². The van der Waals surface area contributed by atoms with E-state index in [4.69, 9.17) is 4.99 Å². The van der Waals surface area contributed by atoms with Gasteiger partial charge in [-0.3, -0.25) is 14.6 Å². The molecule has 3 heterocycles. The van der Waals surface area contributed by atoms with Crippen molar-refractivity contribution < 1.29 is 0 Å². The minimum absolute atomic E-state index is 0.0894. The molecular formula is C22H40N6. The van der Waals surface area contributed by atoms with E-state index in [-0.39, 0.29) is 5.54 Å². The van der Waals surface area contributed by atoms with E-state index >= 15 is 0 Å². The number of aryl methyl sites for hydroxylation is 1. The van der Waals surface area contributed by atoms with Crippen LogP contribution in [0, 0.1) is 11.8 Å². The first kappa shape index (κ1) is 21.2. The van der Waals surface area contributed by atoms with Crippen LogP contribution < -0.4 is 5.32 Å². The fraction of sp³-hybridized carbons (Fsp3) is 0.818. The van der Waals surface area contributed by atoms with E-state index in [2.05, 4.69) is 61.0 Å². The lowest BCUT2D eigenvalue weighted by Crippen LogP contribution is -2.53. The maximum Gasteiger partial charge on any atom is 0.194 e. The van der Waals surface area contributed by atoms with E-state index in [1.807, 2.05) is 17.9 Å². The summed E-state index contributed by atoms with van der Waals surface area (Å²) < 4.78 is 1.90. The molecule has 158 valence electrons. The fourth-order valence-corrected chi connectivity index (χ4v) is 4.83. The van der Waals surface area contributed by atoms with Crippen molar-refractivity contribution in [2.45, 2.75) is 58.9 Å². The Labute approximate surface area is 171 Å². The highest BCUT2D eigenvalue weighted by Crippen LogP contribution is 2.29. The average Bonchev–Trinajstić information content (AvgIpc) is 3.26. The fourth-order valence-electron chi connectivity index (χ4n) is 4.83. The highest BCUT2D eigenvalue weighted by atomic mass is 15.3. The molecule has 6 heteroatoms. The lowest BCUT2D eigenvalue weighted by Gasteiger charge is -2.44. The van der Waals surface area contributed by atoms with Crippen molar-refractivity contribution in [1.29, 1.82) is 0 Å². The second-order valence-electron chi connectivity index (χ2n) is 9.71. The zero-order valence-corrected chi connectivity index (χ0v) is 18.8. The Morgan fingerprint density at radius 2 is 1.96 bits per heavy atom. The maximum absolute atomic E-state index is 5.09. The number of likely N-dealkylation sites (tertiary alicyclic amines) is 2. The number of aromatic nitrogens is 2. The molecule has 2 saturated heterocycles. The Bertz CT molecular complexity index is 654. The topological polar surface area (TPSA) is 48.7 Å². The summed E-state index contributed by atoms with van der Waals surface area (Å²) in [5, 5.41) is 7.88. The molecular weight excluding hydrogens is 348 g/mol. The van der Waals surface area contributed by atoms with Crippen LogP contribution in [0.3, 0.4) is 0 Å². The van der Waals surface area contributed by atoms with Crippen LogP contribution in [-0.2, 0) is 7.05 Å². The van der Waals surface area contributed by atoms with Crippen LogP contribution in [0.15, 0.2) is 17.4 Å². The molecule has 0 amide bonds. The number of aliphatic imine (C=N–C) groups is 1. The van der Waals surface area contributed by atoms with Gasteiger partial charge >= 0.3 is 0 Å². The van der Waals surface area contributed by atoms with Crippen LogP contribution in [0.4, 0.5) is 0 Å². The Kier molecular flexibility index (Phi) is 6.69. The first-order valence-corrected chi connectivity index (χ1v) is 11.0. The summed E-state index contributed by atoms with van der Waals surface area (Å²) >= 11 is 0. The van der Waals surface area contributed by atoms with Gasteiger partial charge in [-0.2, -0.15) is 5.10 Å². The summed E-state index contributed by atoms with van der Waals surface area (Å²) in [5.74, 6) is 3.17. The summed E-state index contributed by atoms with van der Waals surface area (Å²) in [6.07, 6.45) is 6.68. The minimum Gasteiger partial charge on any atom is -0.357 e. The molecule has 0 aliphatic carbocycles. The summed E-state index contributed by atoms with van der Waals surface area (Å²) in [4.78, 5) is 10.2. The molecule has 0 radical (unpaired) electrons. The van der Waals surface area contributed by atoms with Crippen LogP contribution in [-0.4, -0.2) is 70.3 Å². The number of nitrogens with one attached hydrogen (secondary N) is 1. The molecule has 2 aliphatic heterocycles. The van der Waals surface area contributed by atoms with E-state index in [0.717, 1.165) is 44.0 Å². The number of nitrogens with zero attached hydrogens (tertiary/aromatic N) is 5. The Morgan fingerprint density at radius 3 is 2.57 bits per heavy atom. The third-order valence-electron chi connectivity index (χ3n) is 6.36. The van der Waals surface area contributed by atoms with Gasteiger partial charge < -0.3 is 10.2 Å². The molecule has 1 aromatic heterocycles. The molecule has 3 rings (SSSR count). The zero-order valence-electron chi connectivity index (χ0n) is 18.8. The Hall–Kier alpha value is -1.56. The predicted molar refractivity (Wildman–Crippen MR) is 117 cm³/mol. The first-order valence-electron chi connectivity index (χ1n) is 11.0. The van der Waals surface area contributed by atoms with Crippen LogP contribution in [0.5, 0.6) is 0 Å². The zero-order chi connectivity index (χ0) is 20.3. The Balaban J connectivity index is 1.65. The van der Waals surface area contributed by atoms with Crippen molar-refractivity contribution in [3.63, 3.8) is 0 Å². The van der Waals surface area contributed by atoms with Gasteiger partial charge in [-0.1, -0.05) is 13.8 Å². The molecule has 6 nitrogen and oxygen atoms in total. The highest BCUT2D eigenvalue weighted by Gasteiger charge is 2.33. The normalized spacial score (nSPS) is 27.4. The van der Waals surface area contributed by atoms with Crippen molar-refractivity contribution in [3.8, 4) is 0 Å². The largest absolute Gasteiger partial charge is 0.357 e. The van der Waals surface area contributed by atoms with Gasteiger partial charge in [-0.15, -0.1) is 0 Å². The lowest BCUT2D eigenvalue weighted by atomic mass is 9.88. The van der Waals surface area contributed by atoms with Gasteiger partial charge in [-0.05, 0) is 51.0 Å². The van der Waals surface area contributed by atoms with Crippen LogP contribution in [0.25, 0.3) is 0 Å². The van der Waals surface area contributed by atoms with Gasteiger partial charge in [0.25, 0.3) is 0 Å². The van der Waals surface area contributed by atoms with E-state index in [1.54, 1.807) is 0 Å². The molecule has 0 aromatic carbocycles.